The molecule has 0 fully saturated rings. The van der Waals surface area contributed by atoms with Crippen molar-refractivity contribution in [3.63, 3.8) is 0 Å². The maximum atomic E-state index is 12.8. The van der Waals surface area contributed by atoms with Gasteiger partial charge in [-0.2, -0.15) is 8.42 Å². The van der Waals surface area contributed by atoms with E-state index in [0.717, 1.165) is 20.7 Å². The average molecular weight is 437 g/mol. The van der Waals surface area contributed by atoms with Crippen LogP contribution in [-0.2, 0) is 26.1 Å². The Hall–Kier alpha value is -2.10. The van der Waals surface area contributed by atoms with E-state index in [4.69, 9.17) is 4.74 Å². The number of thioether (sulfide) groups is 1. The van der Waals surface area contributed by atoms with E-state index in [0.29, 0.717) is 0 Å². The Morgan fingerprint density at radius 3 is 2.57 bits per heavy atom. The third kappa shape index (κ3) is 4.48. The molecule has 0 aliphatic carbocycles. The van der Waals surface area contributed by atoms with Crippen LogP contribution in [0.25, 0.3) is 10.2 Å². The maximum absolute atomic E-state index is 12.8. The predicted octanol–water partition coefficient (Wildman–Crippen LogP) is 3.59. The number of benzene rings is 2. The van der Waals surface area contributed by atoms with Gasteiger partial charge in [-0.1, -0.05) is 29.0 Å². The summed E-state index contributed by atoms with van der Waals surface area (Å²) in [5, 5.41) is 0. The van der Waals surface area contributed by atoms with Gasteiger partial charge in [-0.3, -0.25) is 4.79 Å². The van der Waals surface area contributed by atoms with Crippen molar-refractivity contribution in [2.45, 2.75) is 30.2 Å². The lowest BCUT2D eigenvalue weighted by Crippen LogP contribution is -2.23. The number of aromatic nitrogens is 1. The number of ether oxygens (including phenoxy) is 1. The summed E-state index contributed by atoms with van der Waals surface area (Å²) in [4.78, 5) is 13.5. The summed E-state index contributed by atoms with van der Waals surface area (Å²) in [5.41, 5.74) is 1.71. The Morgan fingerprint density at radius 1 is 1.21 bits per heavy atom. The monoisotopic (exact) mass is 436 g/mol. The van der Waals surface area contributed by atoms with Gasteiger partial charge < -0.3 is 9.30 Å². The zero-order valence-corrected chi connectivity index (χ0v) is 18.2. The van der Waals surface area contributed by atoms with E-state index in [2.05, 4.69) is 4.40 Å². The summed E-state index contributed by atoms with van der Waals surface area (Å²) in [6, 6.07) is 12.3. The van der Waals surface area contributed by atoms with Crippen LogP contribution in [-0.4, -0.2) is 31.8 Å². The molecule has 9 heteroatoms. The summed E-state index contributed by atoms with van der Waals surface area (Å²) in [6.07, 6.45) is 1.97. The van der Waals surface area contributed by atoms with Crippen LogP contribution in [0.15, 0.2) is 56.7 Å². The van der Waals surface area contributed by atoms with E-state index >= 15 is 0 Å². The highest BCUT2D eigenvalue weighted by molar-refractivity contribution is 7.98. The highest BCUT2D eigenvalue weighted by Crippen LogP contribution is 2.24. The molecule has 0 radical (unpaired) electrons. The van der Waals surface area contributed by atoms with Gasteiger partial charge in [0.15, 0.2) is 0 Å². The van der Waals surface area contributed by atoms with Gasteiger partial charge in [0.1, 0.15) is 6.54 Å². The second kappa shape index (κ2) is 8.50. The lowest BCUT2D eigenvalue weighted by molar-refractivity contribution is -0.143. The van der Waals surface area contributed by atoms with Gasteiger partial charge in [-0.05, 0) is 50.4 Å². The molecule has 1 aromatic heterocycles. The fourth-order valence-corrected chi connectivity index (χ4v) is 5.39. The number of fused-ring (bicyclic) bond motifs is 1. The van der Waals surface area contributed by atoms with Gasteiger partial charge in [-0.25, -0.2) is 0 Å². The molecular formula is C19H20N2O4S3. The van der Waals surface area contributed by atoms with Gasteiger partial charge in [0.2, 0.25) is 4.80 Å². The number of nitrogens with zero attached hydrogens (tertiary/aromatic N) is 2. The lowest BCUT2D eigenvalue weighted by Gasteiger charge is -2.06. The molecule has 3 aromatic rings. The van der Waals surface area contributed by atoms with Crippen molar-refractivity contribution in [1.82, 2.24) is 4.57 Å². The van der Waals surface area contributed by atoms with E-state index in [1.165, 1.54) is 23.5 Å². The van der Waals surface area contributed by atoms with Crippen LogP contribution in [0.3, 0.4) is 0 Å². The molecule has 0 N–H and O–H groups in total. The van der Waals surface area contributed by atoms with Crippen molar-refractivity contribution >= 4 is 49.3 Å². The van der Waals surface area contributed by atoms with Gasteiger partial charge in [0.05, 0.1) is 21.7 Å². The lowest BCUT2D eigenvalue weighted by atomic mass is 10.2. The molecular weight excluding hydrogens is 416 g/mol. The number of sulfonamides is 1. The SMILES string of the molecule is CCOC(=O)Cn1/c(=N/S(=O)(=O)c2ccc(C)cc2)sc2cc(SC)ccc21. The summed E-state index contributed by atoms with van der Waals surface area (Å²) < 4.78 is 37.1. The van der Waals surface area contributed by atoms with E-state index < -0.39 is 16.0 Å². The molecule has 0 unspecified atom stereocenters. The van der Waals surface area contributed by atoms with Gasteiger partial charge >= 0.3 is 5.97 Å². The molecule has 0 saturated heterocycles. The van der Waals surface area contributed by atoms with Crippen LogP contribution in [0.2, 0.25) is 0 Å². The molecule has 28 heavy (non-hydrogen) atoms. The normalized spacial score (nSPS) is 12.5. The fraction of sp³-hybridized carbons (Fsp3) is 0.263. The third-order valence-electron chi connectivity index (χ3n) is 4.00. The summed E-state index contributed by atoms with van der Waals surface area (Å²) >= 11 is 2.82. The summed E-state index contributed by atoms with van der Waals surface area (Å²) in [7, 11) is -3.91. The molecule has 2 aromatic carbocycles. The fourth-order valence-electron chi connectivity index (χ4n) is 2.60. The molecule has 0 atom stereocenters. The Kier molecular flexibility index (Phi) is 6.26. The van der Waals surface area contributed by atoms with E-state index in [1.807, 2.05) is 31.4 Å². The summed E-state index contributed by atoms with van der Waals surface area (Å²) in [6.45, 7) is 3.77. The number of hydrogen-bond acceptors (Lipinski definition) is 6. The quantitative estimate of drug-likeness (QED) is 0.436. The third-order valence-corrected chi connectivity index (χ3v) is 7.16. The van der Waals surface area contributed by atoms with Crippen molar-refractivity contribution in [3.05, 3.63) is 52.8 Å². The Balaban J connectivity index is 2.18. The maximum Gasteiger partial charge on any atom is 0.326 e. The number of carbonyl (C=O) groups is 1. The second-order valence-electron chi connectivity index (χ2n) is 5.99. The number of rotatable bonds is 6. The molecule has 0 saturated carbocycles. The van der Waals surface area contributed by atoms with Crippen LogP contribution in [0.5, 0.6) is 0 Å². The van der Waals surface area contributed by atoms with Crippen LogP contribution >= 0.6 is 23.1 Å². The molecule has 0 bridgehead atoms. The minimum absolute atomic E-state index is 0.102. The topological polar surface area (TPSA) is 77.7 Å². The molecule has 1 heterocycles. The van der Waals surface area contributed by atoms with Crippen LogP contribution in [0.1, 0.15) is 12.5 Å². The molecule has 0 amide bonds. The zero-order chi connectivity index (χ0) is 20.3. The van der Waals surface area contributed by atoms with Gasteiger partial charge in [-0.15, -0.1) is 16.2 Å². The van der Waals surface area contributed by atoms with Crippen LogP contribution in [0.4, 0.5) is 0 Å². The highest BCUT2D eigenvalue weighted by atomic mass is 32.2. The number of aryl methyl sites for hydroxylation is 1. The van der Waals surface area contributed by atoms with Crippen LogP contribution < -0.4 is 4.80 Å². The standard InChI is InChI=1S/C19H20N2O4S3/c1-4-25-18(22)12-21-16-10-7-14(26-3)11-17(16)27-19(21)20-28(23,24)15-8-5-13(2)6-9-15/h5-11H,4,12H2,1-3H3/b20-19-. The molecule has 0 aliphatic heterocycles. The van der Waals surface area contributed by atoms with Crippen molar-refractivity contribution in [3.8, 4) is 0 Å². The average Bonchev–Trinajstić information content (AvgIpc) is 2.97. The Labute approximate surface area is 171 Å². The van der Waals surface area contributed by atoms with Crippen LogP contribution in [0, 0.1) is 6.92 Å². The second-order valence-corrected chi connectivity index (χ2v) is 9.48. The molecule has 3 rings (SSSR count). The largest absolute Gasteiger partial charge is 0.465 e. The van der Waals surface area contributed by atoms with Crippen molar-refractivity contribution in [2.24, 2.45) is 4.40 Å². The Bertz CT molecular complexity index is 1180. The number of thiazole rings is 1. The zero-order valence-electron chi connectivity index (χ0n) is 15.7. The van der Waals surface area contributed by atoms with E-state index in [1.54, 1.807) is 35.4 Å². The minimum atomic E-state index is -3.91. The minimum Gasteiger partial charge on any atom is -0.465 e. The van der Waals surface area contributed by atoms with Crippen molar-refractivity contribution in [1.29, 1.82) is 0 Å². The molecule has 6 nitrogen and oxygen atoms in total. The van der Waals surface area contributed by atoms with Gasteiger partial charge in [0, 0.05) is 4.90 Å². The van der Waals surface area contributed by atoms with Gasteiger partial charge in [0.25, 0.3) is 10.0 Å². The number of esters is 1. The van der Waals surface area contributed by atoms with Crippen molar-refractivity contribution in [2.75, 3.05) is 12.9 Å². The highest BCUT2D eigenvalue weighted by Gasteiger charge is 2.16. The van der Waals surface area contributed by atoms with E-state index in [-0.39, 0.29) is 22.8 Å². The van der Waals surface area contributed by atoms with Crippen molar-refractivity contribution < 1.29 is 17.9 Å². The first-order chi connectivity index (χ1) is 13.3. The molecule has 0 aliphatic rings. The molecule has 148 valence electrons. The molecule has 0 spiro atoms. The Morgan fingerprint density at radius 2 is 1.93 bits per heavy atom. The first-order valence-corrected chi connectivity index (χ1v) is 12.0. The number of hydrogen-bond donors (Lipinski definition) is 0. The first kappa shape index (κ1) is 20.6. The smallest absolute Gasteiger partial charge is 0.326 e. The number of carbonyl (C=O) groups excluding carboxylic acids is 1. The predicted molar refractivity (Wildman–Crippen MR) is 112 cm³/mol. The van der Waals surface area contributed by atoms with E-state index in [9.17, 15) is 13.2 Å². The first-order valence-electron chi connectivity index (χ1n) is 8.54. The summed E-state index contributed by atoms with van der Waals surface area (Å²) in [5.74, 6) is -0.440.